The van der Waals surface area contributed by atoms with Gasteiger partial charge in [-0.25, -0.2) is 4.39 Å². The van der Waals surface area contributed by atoms with Gasteiger partial charge in [-0.2, -0.15) is 0 Å². The first-order valence-electron chi connectivity index (χ1n) is 15.0. The fourth-order valence-corrected chi connectivity index (χ4v) is 5.23. The summed E-state index contributed by atoms with van der Waals surface area (Å²) in [5, 5.41) is 10.8. The van der Waals surface area contributed by atoms with E-state index in [1.54, 1.807) is 0 Å². The second-order valence-electron chi connectivity index (χ2n) is 11.5. The molecule has 4 rings (SSSR count). The maximum absolute atomic E-state index is 13.6. The number of benzene rings is 2. The van der Waals surface area contributed by atoms with Crippen LogP contribution in [0.2, 0.25) is 0 Å². The maximum Gasteiger partial charge on any atom is 0.242 e. The number of carbonyl (C=O) groups excluding carboxylic acids is 6. The molecule has 12 nitrogen and oxygen atoms in total. The Balaban J connectivity index is 1.46. The normalized spacial score (nSPS) is 22.2. The number of nitrogens with zero attached hydrogens (tertiary/aromatic N) is 2. The molecule has 2 heterocycles. The van der Waals surface area contributed by atoms with E-state index < -0.39 is 53.5 Å². The number of halogens is 1. The Hall–Kier alpha value is -4.81. The molecule has 0 saturated carbocycles. The van der Waals surface area contributed by atoms with Crippen molar-refractivity contribution in [1.82, 2.24) is 31.1 Å². The van der Waals surface area contributed by atoms with Crippen LogP contribution in [0.3, 0.4) is 0 Å². The molecule has 2 saturated heterocycles. The lowest BCUT2D eigenvalue weighted by molar-refractivity contribution is -0.136. The first kappa shape index (κ1) is 33.1. The summed E-state index contributed by atoms with van der Waals surface area (Å²) in [6.07, 6.45) is 0.990. The van der Waals surface area contributed by atoms with Crippen LogP contribution in [0.15, 0.2) is 48.5 Å². The van der Waals surface area contributed by atoms with Gasteiger partial charge >= 0.3 is 0 Å². The van der Waals surface area contributed by atoms with Crippen LogP contribution in [-0.4, -0.2) is 77.5 Å². The maximum atomic E-state index is 13.6. The van der Waals surface area contributed by atoms with Crippen LogP contribution in [-0.2, 0) is 41.9 Å². The molecule has 0 bridgehead atoms. The average Bonchev–Trinajstić information content (AvgIpc) is 3.41. The second kappa shape index (κ2) is 15.3. The summed E-state index contributed by atoms with van der Waals surface area (Å²) in [5.41, 5.74) is 2.23. The van der Waals surface area contributed by atoms with Gasteiger partial charge in [-0.15, -0.1) is 0 Å². The highest BCUT2D eigenvalue weighted by atomic mass is 19.1. The molecule has 0 unspecified atom stereocenters. The first-order chi connectivity index (χ1) is 21.5. The first-order valence-corrected chi connectivity index (χ1v) is 15.0. The Kier molecular flexibility index (Phi) is 11.2. The molecule has 0 radical (unpaired) electrons. The predicted octanol–water partition coefficient (Wildman–Crippen LogP) is 1.05. The molecule has 240 valence electrons. The molecule has 45 heavy (non-hydrogen) atoms. The zero-order valence-corrected chi connectivity index (χ0v) is 25.4. The molecule has 2 aliphatic rings. The van der Waals surface area contributed by atoms with Gasteiger partial charge in [-0.3, -0.25) is 28.8 Å². The predicted molar refractivity (Wildman–Crippen MR) is 161 cm³/mol. The standard InChI is InChI=1S/C32H39FN6O6/c1-20-31(44)37-26(23-9-11-24(33)12-10-23)16-27(40)36-25(13-14-29(42)38(2)19-28(41)35-20)32(45)34-17-21-5-7-22(8-6-21)18-39-15-3-4-30(39)43/h5-12,20,25-26H,3-4,13-19H2,1-2H3,(H,34,45)(H,35,41)(H,36,40)(H,37,44)/t20-,25-,26+/m0/s1. The van der Waals surface area contributed by atoms with E-state index in [-0.39, 0.29) is 38.3 Å². The third-order valence-corrected chi connectivity index (χ3v) is 7.89. The smallest absolute Gasteiger partial charge is 0.242 e. The Morgan fingerprint density at radius 1 is 0.889 bits per heavy atom. The van der Waals surface area contributed by atoms with Crippen molar-refractivity contribution in [2.24, 2.45) is 0 Å². The van der Waals surface area contributed by atoms with Crippen molar-refractivity contribution in [2.75, 3.05) is 20.1 Å². The van der Waals surface area contributed by atoms with E-state index in [0.717, 1.165) is 24.1 Å². The third kappa shape index (κ3) is 9.59. The van der Waals surface area contributed by atoms with Crippen molar-refractivity contribution in [3.8, 4) is 0 Å². The van der Waals surface area contributed by atoms with Gasteiger partial charge in [-0.05, 0) is 48.6 Å². The zero-order chi connectivity index (χ0) is 32.5. The molecule has 6 amide bonds. The van der Waals surface area contributed by atoms with Gasteiger partial charge in [0.25, 0.3) is 0 Å². The Morgan fingerprint density at radius 2 is 1.58 bits per heavy atom. The summed E-state index contributed by atoms with van der Waals surface area (Å²) in [6, 6.07) is 9.84. The van der Waals surface area contributed by atoms with Gasteiger partial charge in [0.1, 0.15) is 17.9 Å². The van der Waals surface area contributed by atoms with Crippen molar-refractivity contribution < 1.29 is 33.2 Å². The van der Waals surface area contributed by atoms with Crippen molar-refractivity contribution in [1.29, 1.82) is 0 Å². The molecule has 2 aliphatic heterocycles. The van der Waals surface area contributed by atoms with Crippen LogP contribution in [0.5, 0.6) is 0 Å². The molecule has 0 aromatic heterocycles. The van der Waals surface area contributed by atoms with Crippen molar-refractivity contribution in [2.45, 2.75) is 70.2 Å². The van der Waals surface area contributed by atoms with E-state index in [1.807, 2.05) is 29.2 Å². The molecule has 3 atom stereocenters. The van der Waals surface area contributed by atoms with E-state index in [0.29, 0.717) is 18.5 Å². The van der Waals surface area contributed by atoms with Crippen molar-refractivity contribution >= 4 is 35.4 Å². The number of hydrogen-bond acceptors (Lipinski definition) is 6. The number of likely N-dealkylation sites (N-methyl/N-ethyl adjacent to an activating group) is 1. The minimum Gasteiger partial charge on any atom is -0.350 e. The lowest BCUT2D eigenvalue weighted by atomic mass is 10.0. The Labute approximate surface area is 261 Å². The van der Waals surface area contributed by atoms with Gasteiger partial charge in [0.15, 0.2) is 0 Å². The fourth-order valence-electron chi connectivity index (χ4n) is 5.23. The lowest BCUT2D eigenvalue weighted by Crippen LogP contribution is -2.49. The monoisotopic (exact) mass is 622 g/mol. The molecule has 2 aromatic rings. The Morgan fingerprint density at radius 3 is 2.24 bits per heavy atom. The van der Waals surface area contributed by atoms with Crippen LogP contribution in [0.4, 0.5) is 4.39 Å². The number of hydrogen-bond donors (Lipinski definition) is 4. The molecule has 13 heteroatoms. The number of nitrogens with one attached hydrogen (secondary N) is 4. The topological polar surface area (TPSA) is 157 Å². The number of carbonyl (C=O) groups is 6. The van der Waals surface area contributed by atoms with Gasteiger partial charge in [0, 0.05) is 39.5 Å². The molecule has 0 aliphatic carbocycles. The lowest BCUT2D eigenvalue weighted by Gasteiger charge is -2.23. The molecular formula is C32H39FN6O6. The molecule has 0 spiro atoms. The van der Waals surface area contributed by atoms with Crippen LogP contribution < -0.4 is 21.3 Å². The summed E-state index contributed by atoms with van der Waals surface area (Å²) >= 11 is 0. The SMILES string of the molecule is C[C@@H]1NC(=O)CN(C)C(=O)CC[C@@H](C(=O)NCc2ccc(CN3CCCC3=O)cc2)NC(=O)C[C@H](c2ccc(F)cc2)NC1=O. The quantitative estimate of drug-likeness (QED) is 0.377. The summed E-state index contributed by atoms with van der Waals surface area (Å²) < 4.78 is 13.6. The van der Waals surface area contributed by atoms with Crippen molar-refractivity contribution in [3.05, 3.63) is 71.0 Å². The minimum atomic E-state index is -1.09. The minimum absolute atomic E-state index is 0.0326. The highest BCUT2D eigenvalue weighted by Crippen LogP contribution is 2.19. The third-order valence-electron chi connectivity index (χ3n) is 7.89. The van der Waals surface area contributed by atoms with Gasteiger partial charge < -0.3 is 31.1 Å². The summed E-state index contributed by atoms with van der Waals surface area (Å²) in [4.78, 5) is 79.7. The van der Waals surface area contributed by atoms with Crippen LogP contribution in [0.1, 0.15) is 61.8 Å². The van der Waals surface area contributed by atoms with Crippen molar-refractivity contribution in [3.63, 3.8) is 0 Å². The summed E-state index contributed by atoms with van der Waals surface area (Å²) in [7, 11) is 1.44. The number of amides is 6. The van der Waals surface area contributed by atoms with Crippen LogP contribution in [0, 0.1) is 5.82 Å². The molecule has 2 aromatic carbocycles. The summed E-state index contributed by atoms with van der Waals surface area (Å²) in [6.45, 7) is 2.60. The summed E-state index contributed by atoms with van der Waals surface area (Å²) in [5.74, 6) is -2.98. The van der Waals surface area contributed by atoms with Gasteiger partial charge in [-0.1, -0.05) is 36.4 Å². The molecule has 4 N–H and O–H groups in total. The highest BCUT2D eigenvalue weighted by Gasteiger charge is 2.28. The van der Waals surface area contributed by atoms with E-state index in [2.05, 4.69) is 21.3 Å². The molecular weight excluding hydrogens is 583 g/mol. The second-order valence-corrected chi connectivity index (χ2v) is 11.5. The van der Waals surface area contributed by atoms with Crippen LogP contribution in [0.25, 0.3) is 0 Å². The van der Waals surface area contributed by atoms with E-state index in [9.17, 15) is 33.2 Å². The largest absolute Gasteiger partial charge is 0.350 e. The van der Waals surface area contributed by atoms with Crippen LogP contribution >= 0.6 is 0 Å². The average molecular weight is 623 g/mol. The number of rotatable bonds is 6. The van der Waals surface area contributed by atoms with Gasteiger partial charge in [0.2, 0.25) is 35.4 Å². The Bertz CT molecular complexity index is 1420. The van der Waals surface area contributed by atoms with E-state index >= 15 is 0 Å². The van der Waals surface area contributed by atoms with E-state index in [4.69, 9.17) is 0 Å². The van der Waals surface area contributed by atoms with Gasteiger partial charge in [0.05, 0.1) is 19.0 Å². The molecule has 2 fully saturated rings. The fraction of sp³-hybridized carbons (Fsp3) is 0.438. The zero-order valence-electron chi connectivity index (χ0n) is 25.4. The van der Waals surface area contributed by atoms with E-state index in [1.165, 1.54) is 43.1 Å². The number of likely N-dealkylation sites (tertiary alicyclic amines) is 1. The highest BCUT2D eigenvalue weighted by molar-refractivity contribution is 5.92.